The second-order valence-electron chi connectivity index (χ2n) is 5.24. The van der Waals surface area contributed by atoms with E-state index in [2.05, 4.69) is 10.6 Å². The lowest BCUT2D eigenvalue weighted by molar-refractivity contribution is 0.0963. The maximum atomic E-state index is 13.2. The monoisotopic (exact) mass is 284 g/mol. The fraction of sp³-hybridized carbons (Fsp3) is 0.235. The Hall–Kier alpha value is -2.36. The SMILES string of the molecule is CNC(=O)c1ccc(NC2CCc3cc(F)ccc32)cc1. The molecule has 1 aliphatic rings. The highest BCUT2D eigenvalue weighted by molar-refractivity contribution is 5.94. The highest BCUT2D eigenvalue weighted by Gasteiger charge is 2.22. The fourth-order valence-electron chi connectivity index (χ4n) is 2.80. The predicted molar refractivity (Wildman–Crippen MR) is 80.9 cm³/mol. The lowest BCUT2D eigenvalue weighted by Gasteiger charge is -2.16. The van der Waals surface area contributed by atoms with Gasteiger partial charge in [0.05, 0.1) is 6.04 Å². The molecule has 0 radical (unpaired) electrons. The minimum atomic E-state index is -0.177. The van der Waals surface area contributed by atoms with Crippen molar-refractivity contribution in [3.63, 3.8) is 0 Å². The summed E-state index contributed by atoms with van der Waals surface area (Å²) >= 11 is 0. The number of anilines is 1. The van der Waals surface area contributed by atoms with Gasteiger partial charge in [0.15, 0.2) is 0 Å². The number of amides is 1. The van der Waals surface area contributed by atoms with Crippen LogP contribution in [0.5, 0.6) is 0 Å². The number of carbonyl (C=O) groups excluding carboxylic acids is 1. The molecular formula is C17H17FN2O. The molecule has 0 saturated heterocycles. The topological polar surface area (TPSA) is 41.1 Å². The number of fused-ring (bicyclic) bond motifs is 1. The van der Waals surface area contributed by atoms with Crippen molar-refractivity contribution in [1.82, 2.24) is 5.32 Å². The Morgan fingerprint density at radius 3 is 2.67 bits per heavy atom. The molecule has 0 bridgehead atoms. The summed E-state index contributed by atoms with van der Waals surface area (Å²) in [6.07, 6.45) is 1.84. The van der Waals surface area contributed by atoms with Crippen molar-refractivity contribution in [3.05, 3.63) is 65.0 Å². The van der Waals surface area contributed by atoms with Crippen molar-refractivity contribution in [3.8, 4) is 0 Å². The van der Waals surface area contributed by atoms with Crippen LogP contribution in [0.3, 0.4) is 0 Å². The Morgan fingerprint density at radius 1 is 1.19 bits per heavy atom. The second-order valence-corrected chi connectivity index (χ2v) is 5.24. The van der Waals surface area contributed by atoms with E-state index in [1.807, 2.05) is 18.2 Å². The van der Waals surface area contributed by atoms with E-state index >= 15 is 0 Å². The summed E-state index contributed by atoms with van der Waals surface area (Å²) in [6.45, 7) is 0. The maximum Gasteiger partial charge on any atom is 0.251 e. The van der Waals surface area contributed by atoms with Crippen molar-refractivity contribution in [2.45, 2.75) is 18.9 Å². The van der Waals surface area contributed by atoms with E-state index in [-0.39, 0.29) is 17.8 Å². The smallest absolute Gasteiger partial charge is 0.251 e. The molecule has 108 valence electrons. The summed E-state index contributed by atoms with van der Waals surface area (Å²) in [4.78, 5) is 11.5. The number of halogens is 1. The molecule has 2 N–H and O–H groups in total. The van der Waals surface area contributed by atoms with Gasteiger partial charge in [-0.1, -0.05) is 6.07 Å². The molecule has 21 heavy (non-hydrogen) atoms. The Morgan fingerprint density at radius 2 is 1.95 bits per heavy atom. The lowest BCUT2D eigenvalue weighted by Crippen LogP contribution is -2.17. The molecule has 3 nitrogen and oxygen atoms in total. The van der Waals surface area contributed by atoms with Crippen molar-refractivity contribution in [1.29, 1.82) is 0 Å². The van der Waals surface area contributed by atoms with Gasteiger partial charge in [0, 0.05) is 18.3 Å². The Labute approximate surface area is 123 Å². The van der Waals surface area contributed by atoms with Gasteiger partial charge in [0.1, 0.15) is 5.82 Å². The highest BCUT2D eigenvalue weighted by Crippen LogP contribution is 2.34. The van der Waals surface area contributed by atoms with E-state index in [1.54, 1.807) is 25.2 Å². The third kappa shape index (κ3) is 2.75. The summed E-state index contributed by atoms with van der Waals surface area (Å²) in [5.74, 6) is -0.271. The van der Waals surface area contributed by atoms with E-state index in [0.29, 0.717) is 5.56 Å². The molecule has 2 aromatic rings. The molecule has 1 aliphatic carbocycles. The van der Waals surface area contributed by atoms with Gasteiger partial charge in [0.25, 0.3) is 5.91 Å². The first-order valence-electron chi connectivity index (χ1n) is 7.04. The number of benzene rings is 2. The van der Waals surface area contributed by atoms with Gasteiger partial charge in [-0.2, -0.15) is 0 Å². The van der Waals surface area contributed by atoms with Gasteiger partial charge < -0.3 is 10.6 Å². The molecule has 2 aromatic carbocycles. The zero-order valence-corrected chi connectivity index (χ0v) is 11.8. The van der Waals surface area contributed by atoms with Crippen LogP contribution in [0.4, 0.5) is 10.1 Å². The van der Waals surface area contributed by atoms with Crippen LogP contribution in [-0.2, 0) is 6.42 Å². The highest BCUT2D eigenvalue weighted by atomic mass is 19.1. The largest absolute Gasteiger partial charge is 0.378 e. The van der Waals surface area contributed by atoms with Crippen LogP contribution >= 0.6 is 0 Å². The summed E-state index contributed by atoms with van der Waals surface area (Å²) in [5, 5.41) is 6.04. The molecule has 1 amide bonds. The third-order valence-corrected chi connectivity index (χ3v) is 3.90. The Kier molecular flexibility index (Phi) is 3.60. The van der Waals surface area contributed by atoms with Crippen LogP contribution in [-0.4, -0.2) is 13.0 Å². The molecule has 0 aliphatic heterocycles. The fourth-order valence-corrected chi connectivity index (χ4v) is 2.80. The van der Waals surface area contributed by atoms with E-state index in [1.165, 1.54) is 6.07 Å². The number of nitrogens with one attached hydrogen (secondary N) is 2. The van der Waals surface area contributed by atoms with E-state index in [0.717, 1.165) is 29.7 Å². The minimum Gasteiger partial charge on any atom is -0.378 e. The second kappa shape index (κ2) is 5.56. The van der Waals surface area contributed by atoms with Crippen LogP contribution in [0, 0.1) is 5.82 Å². The molecule has 1 atom stereocenters. The van der Waals surface area contributed by atoms with Crippen molar-refractivity contribution >= 4 is 11.6 Å². The molecule has 0 heterocycles. The van der Waals surface area contributed by atoms with Gasteiger partial charge in [-0.3, -0.25) is 4.79 Å². The number of rotatable bonds is 3. The average Bonchev–Trinajstić information content (AvgIpc) is 2.89. The number of carbonyl (C=O) groups is 1. The first kappa shape index (κ1) is 13.6. The van der Waals surface area contributed by atoms with E-state index in [9.17, 15) is 9.18 Å². The first-order valence-corrected chi connectivity index (χ1v) is 7.04. The molecule has 1 unspecified atom stereocenters. The van der Waals surface area contributed by atoms with Crippen LogP contribution in [0.25, 0.3) is 0 Å². The lowest BCUT2D eigenvalue weighted by atomic mass is 10.1. The van der Waals surface area contributed by atoms with Crippen molar-refractivity contribution in [2.75, 3.05) is 12.4 Å². The van der Waals surface area contributed by atoms with Crippen molar-refractivity contribution < 1.29 is 9.18 Å². The summed E-state index contributed by atoms with van der Waals surface area (Å²) in [6, 6.07) is 12.6. The molecule has 3 rings (SSSR count). The van der Waals surface area contributed by atoms with Gasteiger partial charge in [-0.15, -0.1) is 0 Å². The minimum absolute atomic E-state index is 0.0942. The molecular weight excluding hydrogens is 267 g/mol. The maximum absolute atomic E-state index is 13.2. The zero-order chi connectivity index (χ0) is 14.8. The molecule has 0 fully saturated rings. The van der Waals surface area contributed by atoms with Crippen LogP contribution in [0.15, 0.2) is 42.5 Å². The third-order valence-electron chi connectivity index (χ3n) is 3.90. The Bertz CT molecular complexity index is 667. The quantitative estimate of drug-likeness (QED) is 0.908. The Balaban J connectivity index is 1.75. The normalized spacial score (nSPS) is 16.4. The van der Waals surface area contributed by atoms with Crippen LogP contribution in [0.2, 0.25) is 0 Å². The predicted octanol–water partition coefficient (Wildman–Crippen LogP) is 3.28. The molecule has 4 heteroatoms. The average molecular weight is 284 g/mol. The summed E-state index contributed by atoms with van der Waals surface area (Å²) in [5.41, 5.74) is 3.84. The first-order chi connectivity index (χ1) is 10.2. The zero-order valence-electron chi connectivity index (χ0n) is 11.8. The standard InChI is InChI=1S/C17H17FN2O/c1-19-17(21)11-2-6-14(7-3-11)20-16-9-4-12-10-13(18)5-8-15(12)16/h2-3,5-8,10,16,20H,4,9H2,1H3,(H,19,21). The van der Waals surface area contributed by atoms with Gasteiger partial charge in [-0.05, 0) is 60.4 Å². The van der Waals surface area contributed by atoms with Crippen LogP contribution < -0.4 is 10.6 Å². The van der Waals surface area contributed by atoms with Gasteiger partial charge >= 0.3 is 0 Å². The van der Waals surface area contributed by atoms with Gasteiger partial charge in [-0.25, -0.2) is 4.39 Å². The van der Waals surface area contributed by atoms with Crippen LogP contribution in [0.1, 0.15) is 33.9 Å². The summed E-state index contributed by atoms with van der Waals surface area (Å²) < 4.78 is 13.2. The van der Waals surface area contributed by atoms with E-state index in [4.69, 9.17) is 0 Å². The van der Waals surface area contributed by atoms with Gasteiger partial charge in [0.2, 0.25) is 0 Å². The molecule has 0 spiro atoms. The number of aryl methyl sites for hydroxylation is 1. The summed E-state index contributed by atoms with van der Waals surface area (Å²) in [7, 11) is 1.61. The number of hydrogen-bond donors (Lipinski definition) is 2. The molecule has 0 aromatic heterocycles. The van der Waals surface area contributed by atoms with Crippen molar-refractivity contribution in [2.24, 2.45) is 0 Å². The number of hydrogen-bond acceptors (Lipinski definition) is 2. The molecule has 0 saturated carbocycles. The van der Waals surface area contributed by atoms with E-state index < -0.39 is 0 Å².